The molecule has 22 heavy (non-hydrogen) atoms. The summed E-state index contributed by atoms with van der Waals surface area (Å²) in [5.74, 6) is 0.834. The van der Waals surface area contributed by atoms with Crippen LogP contribution in [0.25, 0.3) is 11.1 Å². The predicted octanol–water partition coefficient (Wildman–Crippen LogP) is 6.10. The summed E-state index contributed by atoms with van der Waals surface area (Å²) in [4.78, 5) is 0. The van der Waals surface area contributed by atoms with Crippen molar-refractivity contribution in [1.29, 1.82) is 5.26 Å². The molecule has 0 bridgehead atoms. The molecule has 0 aliphatic carbocycles. The molecule has 0 amide bonds. The molecular formula is C18H17Cl2NO. The summed E-state index contributed by atoms with van der Waals surface area (Å²) < 4.78 is 5.69. The van der Waals surface area contributed by atoms with Gasteiger partial charge in [-0.05, 0) is 36.2 Å². The zero-order valence-corrected chi connectivity index (χ0v) is 13.9. The molecular weight excluding hydrogens is 317 g/mol. The van der Waals surface area contributed by atoms with Crippen molar-refractivity contribution in [1.82, 2.24) is 0 Å². The summed E-state index contributed by atoms with van der Waals surface area (Å²) in [5.41, 5.74) is 2.09. The fraction of sp³-hybridized carbons (Fsp3) is 0.278. The van der Waals surface area contributed by atoms with Crippen LogP contribution in [0.1, 0.15) is 31.7 Å². The second-order valence-corrected chi connectivity index (χ2v) is 5.82. The van der Waals surface area contributed by atoms with E-state index in [4.69, 9.17) is 33.2 Å². The van der Waals surface area contributed by atoms with Crippen LogP contribution in [0.3, 0.4) is 0 Å². The van der Waals surface area contributed by atoms with Crippen molar-refractivity contribution in [3.63, 3.8) is 0 Å². The average molecular weight is 334 g/mol. The van der Waals surface area contributed by atoms with E-state index in [2.05, 4.69) is 6.92 Å². The van der Waals surface area contributed by atoms with Crippen LogP contribution in [0, 0.1) is 11.3 Å². The van der Waals surface area contributed by atoms with Crippen molar-refractivity contribution < 1.29 is 4.74 Å². The lowest BCUT2D eigenvalue weighted by molar-refractivity contribution is 0.306. The Hall–Kier alpha value is -1.69. The molecule has 0 aromatic heterocycles. The van der Waals surface area contributed by atoms with Crippen LogP contribution >= 0.6 is 23.2 Å². The molecule has 4 heteroatoms. The van der Waals surface area contributed by atoms with Gasteiger partial charge in [0.25, 0.3) is 0 Å². The quantitative estimate of drug-likeness (QED) is 0.598. The standard InChI is InChI=1S/C18H17Cl2NO/c1-2-3-4-9-22-15-7-5-14(6-8-15)18-16(19)10-13(12-21)11-17(18)20/h5-8,10-11H,2-4,9H2,1H3. The third kappa shape index (κ3) is 4.16. The van der Waals surface area contributed by atoms with Crippen LogP contribution < -0.4 is 4.74 Å². The molecule has 2 aromatic carbocycles. The number of nitriles is 1. The van der Waals surface area contributed by atoms with E-state index in [1.54, 1.807) is 12.1 Å². The minimum absolute atomic E-state index is 0.453. The van der Waals surface area contributed by atoms with Crippen molar-refractivity contribution in [3.8, 4) is 22.9 Å². The largest absolute Gasteiger partial charge is 0.494 e. The van der Waals surface area contributed by atoms with Gasteiger partial charge in [0.1, 0.15) is 5.75 Å². The maximum absolute atomic E-state index is 8.92. The van der Waals surface area contributed by atoms with Crippen molar-refractivity contribution in [2.24, 2.45) is 0 Å². The lowest BCUT2D eigenvalue weighted by atomic mass is 10.0. The average Bonchev–Trinajstić information content (AvgIpc) is 2.52. The lowest BCUT2D eigenvalue weighted by Crippen LogP contribution is -1.96. The monoisotopic (exact) mass is 333 g/mol. The molecule has 2 nitrogen and oxygen atoms in total. The second-order valence-electron chi connectivity index (χ2n) is 5.01. The smallest absolute Gasteiger partial charge is 0.119 e. The van der Waals surface area contributed by atoms with E-state index in [1.807, 2.05) is 30.3 Å². The first-order chi connectivity index (χ1) is 10.7. The molecule has 0 unspecified atom stereocenters. The molecule has 0 aliphatic heterocycles. The lowest BCUT2D eigenvalue weighted by Gasteiger charge is -2.10. The number of nitrogens with zero attached hydrogens (tertiary/aromatic N) is 1. The Morgan fingerprint density at radius 3 is 2.23 bits per heavy atom. The highest BCUT2D eigenvalue weighted by molar-refractivity contribution is 6.39. The van der Waals surface area contributed by atoms with Gasteiger partial charge in [0, 0.05) is 5.56 Å². The molecule has 0 saturated carbocycles. The molecule has 0 spiro atoms. The molecule has 2 rings (SSSR count). The molecule has 0 radical (unpaired) electrons. The van der Waals surface area contributed by atoms with Gasteiger partial charge in [0.15, 0.2) is 0 Å². The van der Waals surface area contributed by atoms with Crippen molar-refractivity contribution in [3.05, 3.63) is 52.0 Å². The first-order valence-corrected chi connectivity index (χ1v) is 8.03. The molecule has 2 aromatic rings. The van der Waals surface area contributed by atoms with Crippen LogP contribution in [0.15, 0.2) is 36.4 Å². The van der Waals surface area contributed by atoms with Crippen molar-refractivity contribution in [2.45, 2.75) is 26.2 Å². The first kappa shape index (κ1) is 16.7. The Balaban J connectivity index is 2.16. The number of hydrogen-bond donors (Lipinski definition) is 0. The maximum atomic E-state index is 8.92. The highest BCUT2D eigenvalue weighted by atomic mass is 35.5. The van der Waals surface area contributed by atoms with E-state index < -0.39 is 0 Å². The predicted molar refractivity (Wildman–Crippen MR) is 91.6 cm³/mol. The normalized spacial score (nSPS) is 10.3. The Bertz CT molecular complexity index is 651. The van der Waals surface area contributed by atoms with Crippen LogP contribution in [0.5, 0.6) is 5.75 Å². The van der Waals surface area contributed by atoms with E-state index in [9.17, 15) is 0 Å². The van der Waals surface area contributed by atoms with Gasteiger partial charge >= 0.3 is 0 Å². The molecule has 0 heterocycles. The van der Waals surface area contributed by atoms with Crippen molar-refractivity contribution >= 4 is 23.2 Å². The fourth-order valence-corrected chi connectivity index (χ4v) is 2.88. The van der Waals surface area contributed by atoms with Gasteiger partial charge < -0.3 is 4.74 Å². The second kappa shape index (κ2) is 8.08. The summed E-state index contributed by atoms with van der Waals surface area (Å²) >= 11 is 12.5. The Morgan fingerprint density at radius 2 is 1.68 bits per heavy atom. The summed E-state index contributed by atoms with van der Waals surface area (Å²) in [6.07, 6.45) is 3.41. The SMILES string of the molecule is CCCCCOc1ccc(-c2c(Cl)cc(C#N)cc2Cl)cc1. The number of halogens is 2. The summed E-state index contributed by atoms with van der Waals surface area (Å²) in [5, 5.41) is 9.87. The molecule has 0 atom stereocenters. The highest BCUT2D eigenvalue weighted by Gasteiger charge is 2.10. The van der Waals surface area contributed by atoms with E-state index >= 15 is 0 Å². The molecule has 0 fully saturated rings. The van der Waals surface area contributed by atoms with Gasteiger partial charge in [0.05, 0.1) is 28.3 Å². The van der Waals surface area contributed by atoms with E-state index in [0.29, 0.717) is 15.6 Å². The third-order valence-electron chi connectivity index (χ3n) is 3.33. The third-order valence-corrected chi connectivity index (χ3v) is 3.93. The zero-order valence-electron chi connectivity index (χ0n) is 12.4. The number of rotatable bonds is 6. The van der Waals surface area contributed by atoms with Crippen LogP contribution in [0.2, 0.25) is 10.0 Å². The van der Waals surface area contributed by atoms with Gasteiger partial charge in [-0.2, -0.15) is 5.26 Å². The number of unbranched alkanes of at least 4 members (excludes halogenated alkanes) is 2. The number of benzene rings is 2. The first-order valence-electron chi connectivity index (χ1n) is 7.28. The highest BCUT2D eigenvalue weighted by Crippen LogP contribution is 2.36. The molecule has 0 aliphatic rings. The van der Waals surface area contributed by atoms with Crippen LogP contribution in [-0.4, -0.2) is 6.61 Å². The zero-order chi connectivity index (χ0) is 15.9. The fourth-order valence-electron chi connectivity index (χ4n) is 2.17. The summed E-state index contributed by atoms with van der Waals surface area (Å²) in [6.45, 7) is 2.89. The van der Waals surface area contributed by atoms with Crippen molar-refractivity contribution in [2.75, 3.05) is 6.61 Å². The Kier molecular flexibility index (Phi) is 6.12. The van der Waals surface area contributed by atoms with Gasteiger partial charge in [-0.15, -0.1) is 0 Å². The van der Waals surface area contributed by atoms with Crippen LogP contribution in [0.4, 0.5) is 0 Å². The Morgan fingerprint density at radius 1 is 1.05 bits per heavy atom. The van der Waals surface area contributed by atoms with Gasteiger partial charge in [0.2, 0.25) is 0 Å². The number of ether oxygens (including phenoxy) is 1. The van der Waals surface area contributed by atoms with Crippen LogP contribution in [-0.2, 0) is 0 Å². The summed E-state index contributed by atoms with van der Waals surface area (Å²) in [6, 6.07) is 13.0. The molecule has 114 valence electrons. The molecule has 0 N–H and O–H groups in total. The minimum atomic E-state index is 0.453. The topological polar surface area (TPSA) is 33.0 Å². The summed E-state index contributed by atoms with van der Waals surface area (Å²) in [7, 11) is 0. The Labute approximate surface area is 141 Å². The minimum Gasteiger partial charge on any atom is -0.494 e. The van der Waals surface area contributed by atoms with Gasteiger partial charge in [-0.1, -0.05) is 55.1 Å². The van der Waals surface area contributed by atoms with Gasteiger partial charge in [-0.25, -0.2) is 0 Å². The molecule has 0 saturated heterocycles. The number of hydrogen-bond acceptors (Lipinski definition) is 2. The maximum Gasteiger partial charge on any atom is 0.119 e. The van der Waals surface area contributed by atoms with Gasteiger partial charge in [-0.3, -0.25) is 0 Å². The van der Waals surface area contributed by atoms with E-state index in [0.717, 1.165) is 29.9 Å². The van der Waals surface area contributed by atoms with E-state index in [1.165, 1.54) is 12.8 Å². The van der Waals surface area contributed by atoms with E-state index in [-0.39, 0.29) is 0 Å².